The Kier molecular flexibility index (Phi) is 7.59. The first kappa shape index (κ1) is 23.9. The van der Waals surface area contributed by atoms with E-state index in [9.17, 15) is 13.2 Å². The maximum absolute atomic E-state index is 13.2. The average Bonchev–Trinajstić information content (AvgIpc) is 2.88. The summed E-state index contributed by atoms with van der Waals surface area (Å²) in [5.74, 6) is 0.899. The lowest BCUT2D eigenvalue weighted by atomic mass is 10.0. The summed E-state index contributed by atoms with van der Waals surface area (Å²) in [6.07, 6.45) is 4.85. The van der Waals surface area contributed by atoms with E-state index in [1.54, 1.807) is 43.8 Å². The molecule has 8 heteroatoms. The molecule has 178 valence electrons. The molecule has 2 heterocycles. The molecule has 0 amide bonds. The Labute approximate surface area is 201 Å². The van der Waals surface area contributed by atoms with Crippen LogP contribution < -0.4 is 9.64 Å². The van der Waals surface area contributed by atoms with Crippen molar-refractivity contribution >= 4 is 21.5 Å². The molecule has 1 aliphatic rings. The first-order valence-electron chi connectivity index (χ1n) is 11.3. The van der Waals surface area contributed by atoms with Crippen LogP contribution in [-0.2, 0) is 27.7 Å². The number of para-hydroxylation sites is 2. The maximum atomic E-state index is 13.2. The minimum Gasteiger partial charge on any atom is -0.495 e. The third-order valence-corrected chi connectivity index (χ3v) is 7.96. The van der Waals surface area contributed by atoms with Gasteiger partial charge >= 0.3 is 0 Å². The van der Waals surface area contributed by atoms with Crippen LogP contribution >= 0.6 is 0 Å². The number of anilines is 1. The van der Waals surface area contributed by atoms with Crippen molar-refractivity contribution in [2.75, 3.05) is 38.2 Å². The number of benzene rings is 2. The highest BCUT2D eigenvalue weighted by Gasteiger charge is 2.29. The number of carbonyl (C=O) groups excluding carboxylic acids is 1. The van der Waals surface area contributed by atoms with E-state index in [1.165, 1.54) is 4.31 Å². The van der Waals surface area contributed by atoms with Crippen molar-refractivity contribution in [3.63, 3.8) is 0 Å². The van der Waals surface area contributed by atoms with Gasteiger partial charge < -0.3 is 9.64 Å². The molecule has 0 unspecified atom stereocenters. The first-order valence-corrected chi connectivity index (χ1v) is 12.8. The number of hydrogen-bond donors (Lipinski definition) is 0. The van der Waals surface area contributed by atoms with Gasteiger partial charge in [-0.05, 0) is 47.9 Å². The normalized spacial score (nSPS) is 14.7. The number of aromatic nitrogens is 1. The van der Waals surface area contributed by atoms with Crippen LogP contribution in [0.1, 0.15) is 17.5 Å². The molecule has 1 saturated heterocycles. The quantitative estimate of drug-likeness (QED) is 0.468. The lowest BCUT2D eigenvalue weighted by Crippen LogP contribution is -2.48. The number of ketones is 1. The van der Waals surface area contributed by atoms with Crippen LogP contribution in [0.2, 0.25) is 0 Å². The number of rotatable bonds is 9. The maximum Gasteiger partial charge on any atom is 0.243 e. The minimum absolute atomic E-state index is 0.118. The predicted octanol–water partition coefficient (Wildman–Crippen LogP) is 3.35. The van der Waals surface area contributed by atoms with E-state index in [0.29, 0.717) is 39.0 Å². The molecule has 4 rings (SSSR count). The van der Waals surface area contributed by atoms with Gasteiger partial charge in [0.2, 0.25) is 10.0 Å². The Morgan fingerprint density at radius 3 is 2.35 bits per heavy atom. The summed E-state index contributed by atoms with van der Waals surface area (Å²) in [4.78, 5) is 18.8. The smallest absolute Gasteiger partial charge is 0.243 e. The van der Waals surface area contributed by atoms with Gasteiger partial charge in [0.15, 0.2) is 0 Å². The number of piperazine rings is 1. The van der Waals surface area contributed by atoms with Gasteiger partial charge in [0.1, 0.15) is 11.5 Å². The zero-order valence-electron chi connectivity index (χ0n) is 19.3. The molecule has 0 radical (unpaired) electrons. The van der Waals surface area contributed by atoms with Crippen LogP contribution in [-0.4, -0.2) is 56.8 Å². The molecule has 0 bridgehead atoms. The number of carbonyl (C=O) groups is 1. The number of Topliss-reactive ketones (excluding diaryl/α,β-unsaturated/α-hetero) is 1. The molecular weight excluding hydrogens is 450 g/mol. The number of ether oxygens (including phenoxy) is 1. The van der Waals surface area contributed by atoms with Gasteiger partial charge in [-0.15, -0.1) is 0 Å². The van der Waals surface area contributed by atoms with E-state index in [0.717, 1.165) is 22.6 Å². The predicted molar refractivity (Wildman–Crippen MR) is 132 cm³/mol. The van der Waals surface area contributed by atoms with E-state index in [2.05, 4.69) is 9.88 Å². The molecule has 1 fully saturated rings. The fourth-order valence-electron chi connectivity index (χ4n) is 4.13. The van der Waals surface area contributed by atoms with E-state index < -0.39 is 10.0 Å². The molecule has 3 aromatic rings. The van der Waals surface area contributed by atoms with Crippen LogP contribution in [0.5, 0.6) is 5.75 Å². The van der Waals surface area contributed by atoms with Crippen LogP contribution in [0.3, 0.4) is 0 Å². The van der Waals surface area contributed by atoms with Gasteiger partial charge in [0.05, 0.1) is 17.7 Å². The summed E-state index contributed by atoms with van der Waals surface area (Å²) in [6, 6.07) is 18.3. The van der Waals surface area contributed by atoms with Crippen molar-refractivity contribution < 1.29 is 17.9 Å². The molecular formula is C26H29N3O4S. The second kappa shape index (κ2) is 10.8. The van der Waals surface area contributed by atoms with E-state index >= 15 is 0 Å². The molecule has 0 spiro atoms. The summed E-state index contributed by atoms with van der Waals surface area (Å²) in [6.45, 7) is 1.97. The minimum atomic E-state index is -3.59. The number of nitrogens with zero attached hydrogens (tertiary/aromatic N) is 3. The number of sulfonamides is 1. The molecule has 2 aromatic carbocycles. The molecule has 0 atom stereocenters. The Bertz CT molecular complexity index is 1210. The van der Waals surface area contributed by atoms with Gasteiger partial charge in [0.25, 0.3) is 0 Å². The highest BCUT2D eigenvalue weighted by atomic mass is 32.2. The Morgan fingerprint density at radius 1 is 0.941 bits per heavy atom. The standard InChI is InChI=1S/C26H29N3O4S/c1-33-26-7-3-2-6-25(26)28-15-17-29(18-16-28)34(31,32)24-12-9-21(10-13-24)19-23(30)11-8-22-5-4-14-27-20-22/h2-7,9-10,12-14,20H,8,11,15-19H2,1H3. The fourth-order valence-corrected chi connectivity index (χ4v) is 5.56. The van der Waals surface area contributed by atoms with Crippen molar-refractivity contribution in [1.29, 1.82) is 0 Å². The topological polar surface area (TPSA) is 79.8 Å². The van der Waals surface area contributed by atoms with Gasteiger partial charge in [-0.3, -0.25) is 9.78 Å². The number of hydrogen-bond acceptors (Lipinski definition) is 6. The fraction of sp³-hybridized carbons (Fsp3) is 0.308. The van der Waals surface area contributed by atoms with Crippen LogP contribution in [0.4, 0.5) is 5.69 Å². The highest BCUT2D eigenvalue weighted by Crippen LogP contribution is 2.29. The largest absolute Gasteiger partial charge is 0.495 e. The van der Waals surface area contributed by atoms with Crippen molar-refractivity contribution in [2.45, 2.75) is 24.2 Å². The SMILES string of the molecule is COc1ccccc1N1CCN(S(=O)(=O)c2ccc(CC(=O)CCc3cccnc3)cc2)CC1. The second-order valence-electron chi connectivity index (χ2n) is 8.28. The van der Waals surface area contributed by atoms with Gasteiger partial charge in [0, 0.05) is 51.4 Å². The summed E-state index contributed by atoms with van der Waals surface area (Å²) < 4.78 is 33.3. The first-order chi connectivity index (χ1) is 16.5. The van der Waals surface area contributed by atoms with Crippen molar-refractivity contribution in [3.8, 4) is 5.75 Å². The molecule has 7 nitrogen and oxygen atoms in total. The lowest BCUT2D eigenvalue weighted by molar-refractivity contribution is -0.118. The zero-order chi connectivity index (χ0) is 24.0. The second-order valence-corrected chi connectivity index (χ2v) is 10.2. The third-order valence-electron chi connectivity index (χ3n) is 6.04. The van der Waals surface area contributed by atoms with E-state index in [4.69, 9.17) is 4.74 Å². The number of aryl methyl sites for hydroxylation is 1. The summed E-state index contributed by atoms with van der Waals surface area (Å²) in [5.41, 5.74) is 2.82. The highest BCUT2D eigenvalue weighted by molar-refractivity contribution is 7.89. The van der Waals surface area contributed by atoms with Crippen LogP contribution in [0.15, 0.2) is 78.0 Å². The molecule has 0 saturated carbocycles. The van der Waals surface area contributed by atoms with Crippen LogP contribution in [0.25, 0.3) is 0 Å². The van der Waals surface area contributed by atoms with Crippen LogP contribution in [0, 0.1) is 0 Å². The van der Waals surface area contributed by atoms with Gasteiger partial charge in [-0.1, -0.05) is 30.3 Å². The third kappa shape index (κ3) is 5.63. The Balaban J connectivity index is 1.33. The summed E-state index contributed by atoms with van der Waals surface area (Å²) in [7, 11) is -1.95. The zero-order valence-corrected chi connectivity index (χ0v) is 20.1. The summed E-state index contributed by atoms with van der Waals surface area (Å²) in [5, 5.41) is 0. The molecule has 1 aliphatic heterocycles. The number of methoxy groups -OCH3 is 1. The molecule has 0 aliphatic carbocycles. The van der Waals surface area contributed by atoms with Crippen molar-refractivity contribution in [3.05, 3.63) is 84.2 Å². The van der Waals surface area contributed by atoms with Gasteiger partial charge in [-0.2, -0.15) is 4.31 Å². The molecule has 1 aromatic heterocycles. The van der Waals surface area contributed by atoms with E-state index in [-0.39, 0.29) is 17.1 Å². The monoisotopic (exact) mass is 479 g/mol. The summed E-state index contributed by atoms with van der Waals surface area (Å²) >= 11 is 0. The Morgan fingerprint density at radius 2 is 1.68 bits per heavy atom. The lowest BCUT2D eigenvalue weighted by Gasteiger charge is -2.35. The van der Waals surface area contributed by atoms with Crippen molar-refractivity contribution in [1.82, 2.24) is 9.29 Å². The van der Waals surface area contributed by atoms with Gasteiger partial charge in [-0.25, -0.2) is 8.42 Å². The molecule has 0 N–H and O–H groups in total. The number of pyridine rings is 1. The molecule has 34 heavy (non-hydrogen) atoms. The van der Waals surface area contributed by atoms with Crippen molar-refractivity contribution in [2.24, 2.45) is 0 Å². The Hall–Kier alpha value is -3.23. The van der Waals surface area contributed by atoms with E-state index in [1.807, 2.05) is 36.4 Å². The average molecular weight is 480 g/mol.